The lowest BCUT2D eigenvalue weighted by molar-refractivity contribution is 0.572. The summed E-state index contributed by atoms with van der Waals surface area (Å²) in [6.45, 7) is 7.42. The summed E-state index contributed by atoms with van der Waals surface area (Å²) < 4.78 is 1.90. The molecule has 0 amide bonds. The van der Waals surface area contributed by atoms with Gasteiger partial charge in [-0.05, 0) is 30.9 Å². The van der Waals surface area contributed by atoms with E-state index >= 15 is 0 Å². The second-order valence-corrected chi connectivity index (χ2v) is 5.33. The van der Waals surface area contributed by atoms with Crippen molar-refractivity contribution in [2.45, 2.75) is 46.2 Å². The molecule has 1 N–H and O–H groups in total. The first-order chi connectivity index (χ1) is 9.63. The maximum absolute atomic E-state index is 4.48. The van der Waals surface area contributed by atoms with E-state index in [1.54, 1.807) is 0 Å². The monoisotopic (exact) mass is 271 g/mol. The number of aromatic nitrogens is 2. The third-order valence-corrected chi connectivity index (χ3v) is 3.81. The number of hydrogen-bond donors (Lipinski definition) is 1. The van der Waals surface area contributed by atoms with Crippen LogP contribution in [0.25, 0.3) is 0 Å². The van der Waals surface area contributed by atoms with Crippen LogP contribution >= 0.6 is 0 Å². The van der Waals surface area contributed by atoms with Gasteiger partial charge in [0.2, 0.25) is 0 Å². The average Bonchev–Trinajstić information content (AvgIpc) is 2.85. The van der Waals surface area contributed by atoms with Gasteiger partial charge in [-0.1, -0.05) is 38.1 Å². The molecule has 1 atom stereocenters. The minimum Gasteiger partial charge on any atom is -0.306 e. The molecule has 1 heterocycles. The Balaban J connectivity index is 1.98. The van der Waals surface area contributed by atoms with E-state index in [2.05, 4.69) is 61.6 Å². The fourth-order valence-electron chi connectivity index (χ4n) is 2.45. The molecule has 3 nitrogen and oxygen atoms in total. The van der Waals surface area contributed by atoms with Gasteiger partial charge in [0.25, 0.3) is 0 Å². The number of hydrogen-bond acceptors (Lipinski definition) is 2. The molecular weight excluding hydrogens is 246 g/mol. The van der Waals surface area contributed by atoms with Gasteiger partial charge in [0, 0.05) is 31.4 Å². The Hall–Kier alpha value is -1.61. The van der Waals surface area contributed by atoms with Crippen molar-refractivity contribution in [1.82, 2.24) is 15.1 Å². The second-order valence-electron chi connectivity index (χ2n) is 5.33. The van der Waals surface area contributed by atoms with Gasteiger partial charge >= 0.3 is 0 Å². The molecule has 0 saturated carbocycles. The Morgan fingerprint density at radius 3 is 2.45 bits per heavy atom. The smallest absolute Gasteiger partial charge is 0.0666 e. The molecule has 1 aromatic carbocycles. The molecule has 0 aliphatic rings. The van der Waals surface area contributed by atoms with Crippen LogP contribution in [0, 0.1) is 0 Å². The van der Waals surface area contributed by atoms with Crippen LogP contribution in [0.5, 0.6) is 0 Å². The third-order valence-electron chi connectivity index (χ3n) is 3.81. The first-order valence-electron chi connectivity index (χ1n) is 7.47. The predicted molar refractivity (Wildman–Crippen MR) is 83.7 cm³/mol. The maximum atomic E-state index is 4.48. The fourth-order valence-corrected chi connectivity index (χ4v) is 2.45. The van der Waals surface area contributed by atoms with E-state index in [1.165, 1.54) is 22.4 Å². The van der Waals surface area contributed by atoms with E-state index in [9.17, 15) is 0 Å². The normalized spacial score (nSPS) is 12.6. The molecule has 20 heavy (non-hydrogen) atoms. The van der Waals surface area contributed by atoms with E-state index in [0.717, 1.165) is 19.4 Å². The number of rotatable bonds is 6. The van der Waals surface area contributed by atoms with Gasteiger partial charge < -0.3 is 5.32 Å². The summed E-state index contributed by atoms with van der Waals surface area (Å²) in [7, 11) is 1.98. The fraction of sp³-hybridized carbons (Fsp3) is 0.471. The summed E-state index contributed by atoms with van der Waals surface area (Å²) in [4.78, 5) is 0. The molecule has 2 rings (SSSR count). The number of aryl methyl sites for hydroxylation is 3. The molecule has 0 aliphatic heterocycles. The van der Waals surface area contributed by atoms with Gasteiger partial charge in [-0.2, -0.15) is 5.10 Å². The molecule has 0 bridgehead atoms. The second kappa shape index (κ2) is 6.71. The van der Waals surface area contributed by atoms with E-state index in [-0.39, 0.29) is 0 Å². The molecule has 108 valence electrons. The highest BCUT2D eigenvalue weighted by atomic mass is 15.3. The first kappa shape index (κ1) is 14.8. The van der Waals surface area contributed by atoms with Crippen LogP contribution in [0.2, 0.25) is 0 Å². The van der Waals surface area contributed by atoms with Crippen molar-refractivity contribution in [2.24, 2.45) is 7.05 Å². The molecule has 1 unspecified atom stereocenters. The standard InChI is InChI=1S/C17H25N3/c1-5-14-7-9-15(10-8-14)13(3)18-11-16-12-20(4)19-17(16)6-2/h7-10,12-13,18H,5-6,11H2,1-4H3. The van der Waals surface area contributed by atoms with Gasteiger partial charge in [-0.3, -0.25) is 4.68 Å². The Kier molecular flexibility index (Phi) is 4.96. The van der Waals surface area contributed by atoms with Gasteiger partial charge in [-0.15, -0.1) is 0 Å². The molecule has 3 heteroatoms. The first-order valence-corrected chi connectivity index (χ1v) is 7.47. The number of nitrogens with one attached hydrogen (secondary N) is 1. The van der Waals surface area contributed by atoms with E-state index in [4.69, 9.17) is 0 Å². The van der Waals surface area contributed by atoms with Crippen LogP contribution < -0.4 is 5.32 Å². The van der Waals surface area contributed by atoms with Gasteiger partial charge in [0.05, 0.1) is 5.69 Å². The maximum Gasteiger partial charge on any atom is 0.0666 e. The van der Waals surface area contributed by atoms with Gasteiger partial charge in [0.15, 0.2) is 0 Å². The summed E-state index contributed by atoms with van der Waals surface area (Å²) in [5.74, 6) is 0. The van der Waals surface area contributed by atoms with Crippen LogP contribution in [0.4, 0.5) is 0 Å². The van der Waals surface area contributed by atoms with Crippen molar-refractivity contribution in [3.8, 4) is 0 Å². The minimum atomic E-state index is 0.353. The Bertz CT molecular complexity index is 540. The third kappa shape index (κ3) is 3.48. The van der Waals surface area contributed by atoms with Crippen LogP contribution in [0.15, 0.2) is 30.5 Å². The molecule has 2 aromatic rings. The highest BCUT2D eigenvalue weighted by molar-refractivity contribution is 5.25. The minimum absolute atomic E-state index is 0.353. The molecule has 0 saturated heterocycles. The molecular formula is C17H25N3. The highest BCUT2D eigenvalue weighted by Gasteiger charge is 2.09. The zero-order chi connectivity index (χ0) is 14.5. The van der Waals surface area contributed by atoms with E-state index < -0.39 is 0 Å². The van der Waals surface area contributed by atoms with E-state index in [0.29, 0.717) is 6.04 Å². The van der Waals surface area contributed by atoms with Gasteiger partial charge in [-0.25, -0.2) is 0 Å². The Morgan fingerprint density at radius 1 is 1.15 bits per heavy atom. The zero-order valence-corrected chi connectivity index (χ0v) is 13.0. The zero-order valence-electron chi connectivity index (χ0n) is 13.0. The topological polar surface area (TPSA) is 29.9 Å². The molecule has 0 aliphatic carbocycles. The molecule has 0 spiro atoms. The number of nitrogens with zero attached hydrogens (tertiary/aromatic N) is 2. The Morgan fingerprint density at radius 2 is 1.85 bits per heavy atom. The SMILES string of the molecule is CCc1ccc(C(C)NCc2cn(C)nc2CC)cc1. The van der Waals surface area contributed by atoms with Gasteiger partial charge in [0.1, 0.15) is 0 Å². The molecule has 0 fully saturated rings. The summed E-state index contributed by atoms with van der Waals surface area (Å²) in [5.41, 5.74) is 5.21. The summed E-state index contributed by atoms with van der Waals surface area (Å²) in [5, 5.41) is 8.07. The lowest BCUT2D eigenvalue weighted by Gasteiger charge is -2.14. The summed E-state index contributed by atoms with van der Waals surface area (Å²) in [6, 6.07) is 9.23. The van der Waals surface area contributed by atoms with Crippen LogP contribution in [-0.4, -0.2) is 9.78 Å². The Labute approximate surface area is 122 Å². The predicted octanol–water partition coefficient (Wildman–Crippen LogP) is 3.40. The van der Waals surface area contributed by atoms with Crippen molar-refractivity contribution >= 4 is 0 Å². The van der Waals surface area contributed by atoms with Crippen molar-refractivity contribution < 1.29 is 0 Å². The van der Waals surface area contributed by atoms with Crippen molar-refractivity contribution in [1.29, 1.82) is 0 Å². The highest BCUT2D eigenvalue weighted by Crippen LogP contribution is 2.15. The average molecular weight is 271 g/mol. The van der Waals surface area contributed by atoms with Crippen molar-refractivity contribution in [3.63, 3.8) is 0 Å². The van der Waals surface area contributed by atoms with Crippen molar-refractivity contribution in [3.05, 3.63) is 52.8 Å². The molecule has 0 radical (unpaired) electrons. The number of benzene rings is 1. The van der Waals surface area contributed by atoms with Crippen LogP contribution in [0.1, 0.15) is 49.2 Å². The van der Waals surface area contributed by atoms with Crippen LogP contribution in [-0.2, 0) is 26.4 Å². The largest absolute Gasteiger partial charge is 0.306 e. The van der Waals surface area contributed by atoms with Crippen LogP contribution in [0.3, 0.4) is 0 Å². The summed E-state index contributed by atoms with van der Waals surface area (Å²) in [6.07, 6.45) is 4.19. The van der Waals surface area contributed by atoms with E-state index in [1.807, 2.05) is 11.7 Å². The quantitative estimate of drug-likeness (QED) is 0.872. The molecule has 1 aromatic heterocycles. The summed E-state index contributed by atoms with van der Waals surface area (Å²) >= 11 is 0. The van der Waals surface area contributed by atoms with Crippen molar-refractivity contribution in [2.75, 3.05) is 0 Å². The lowest BCUT2D eigenvalue weighted by Crippen LogP contribution is -2.18. The lowest BCUT2D eigenvalue weighted by atomic mass is 10.0.